The summed E-state index contributed by atoms with van der Waals surface area (Å²) in [6.07, 6.45) is -65.3. The molecule has 37 heteroatoms. The van der Waals surface area contributed by atoms with Crippen LogP contribution in [0.5, 0.6) is 0 Å². The van der Waals surface area contributed by atoms with Gasteiger partial charge in [0.2, 0.25) is 0 Å². The molecule has 9 rings (SSSR count). The Morgan fingerprint density at radius 2 is 0.524 bits per heavy atom. The second kappa shape index (κ2) is 27.9. The first-order valence-electron chi connectivity index (χ1n) is 26.3. The third kappa shape index (κ3) is 13.4. The highest BCUT2D eigenvalue weighted by Crippen LogP contribution is 2.39. The zero-order valence-corrected chi connectivity index (χ0v) is 43.0. The molecule has 9 fully saturated rings. The van der Waals surface area contributed by atoms with E-state index >= 15 is 0 Å². The van der Waals surface area contributed by atoms with Crippen molar-refractivity contribution in [3.63, 3.8) is 0 Å². The van der Waals surface area contributed by atoms with Gasteiger partial charge in [0.1, 0.15) is 165 Å². The standard InChI is InChI=1S/C45H74O37/c46-1-11-20(52)29(61)40(71-11)79-33-17(77-38-27(59)19(51)10(50)5-67-38)8-70-45(36(33)82-43-32(64)23(55)14(4-49)74-43)78-18-9-69-44(76-16-7-68-39(28(60)25(16)57)75-15-6-66-37(65)26(58)24(15)56)35(81-42-31(63)22(54)13(3-48)73-42)34(18)80-41-30(62)21(53)12(2-47)72-41/h10-65H,1-9H2/t10-,11+,12+,13+,14+,15-,16-,17-,18-,19+,20+,21+,22+,23+,24+,25+,26-,27-,28-,29-,30-,31-,32-,33+,34+,35-,36-,37?,38+,39+,40+,41+,42+,43+,44+,45+/m1/s1. The summed E-state index contributed by atoms with van der Waals surface area (Å²) in [5.41, 5.74) is 0. The SMILES string of the molecule is OC[C@@H]1O[C@@H](O[C@@H]2[C@@H](O[C@@H]3O[C@@H](CO)[C@H](O)[C@H]3O)[C@H](O[C@@H]3CO[C@@H](O[C@@H]4CO[C@@H](O[C@@H]5COC(O)[C@H](O)[C@H]5O)[C@H](O)[C@H]4O)[C@H](O[C@@H]4O[C@@H](CO)[C@H](O)[C@H]4O)[C@H]3O[C@@H]3O[C@@H](CO)[C@H](O)[C@H]3O)OC[C@H]2O[C@@H]2OC[C@@H](O)[C@H](O)[C@H]2O)[C@H](O)[C@H]1O. The Balaban J connectivity index is 1.05. The molecule has 0 amide bonds. The number of ether oxygens (including phenoxy) is 17. The summed E-state index contributed by atoms with van der Waals surface area (Å²) in [6.45, 7) is -6.75. The summed E-state index contributed by atoms with van der Waals surface area (Å²) in [5.74, 6) is 0. The highest BCUT2D eigenvalue weighted by Gasteiger charge is 2.59. The van der Waals surface area contributed by atoms with E-state index in [0.717, 1.165) is 0 Å². The zero-order chi connectivity index (χ0) is 59.2. The van der Waals surface area contributed by atoms with Gasteiger partial charge in [-0.2, -0.15) is 0 Å². The van der Waals surface area contributed by atoms with Crippen LogP contribution in [0.1, 0.15) is 0 Å². The van der Waals surface area contributed by atoms with Gasteiger partial charge in [-0.15, -0.1) is 0 Å². The van der Waals surface area contributed by atoms with Gasteiger partial charge in [-0.25, -0.2) is 0 Å². The van der Waals surface area contributed by atoms with Crippen LogP contribution < -0.4 is 0 Å². The molecule has 37 nitrogen and oxygen atoms in total. The molecule has 0 aliphatic carbocycles. The van der Waals surface area contributed by atoms with E-state index in [2.05, 4.69) is 0 Å². The summed E-state index contributed by atoms with van der Waals surface area (Å²) in [4.78, 5) is 0. The number of aliphatic hydroxyl groups excluding tert-OH is 20. The molecule has 9 aliphatic heterocycles. The van der Waals surface area contributed by atoms with Crippen molar-refractivity contribution in [3.05, 3.63) is 0 Å². The van der Waals surface area contributed by atoms with E-state index in [9.17, 15) is 102 Å². The van der Waals surface area contributed by atoms with Crippen LogP contribution >= 0.6 is 0 Å². The maximum atomic E-state index is 11.5. The first-order chi connectivity index (χ1) is 39.1. The highest BCUT2D eigenvalue weighted by atomic mass is 16.8. The van der Waals surface area contributed by atoms with Gasteiger partial charge < -0.3 is 183 Å². The van der Waals surface area contributed by atoms with Crippen LogP contribution in [0.25, 0.3) is 0 Å². The lowest BCUT2D eigenvalue weighted by atomic mass is 10.0. The summed E-state index contributed by atoms with van der Waals surface area (Å²) < 4.78 is 100. The summed E-state index contributed by atoms with van der Waals surface area (Å²) >= 11 is 0. The third-order valence-electron chi connectivity index (χ3n) is 15.5. The van der Waals surface area contributed by atoms with Crippen molar-refractivity contribution in [1.29, 1.82) is 0 Å². The van der Waals surface area contributed by atoms with Gasteiger partial charge in [0.15, 0.2) is 56.6 Å². The number of aliphatic hydroxyl groups is 20. The quantitative estimate of drug-likeness (QED) is 0.0538. The van der Waals surface area contributed by atoms with E-state index in [4.69, 9.17) is 80.5 Å². The van der Waals surface area contributed by atoms with Gasteiger partial charge in [0.05, 0.1) is 59.5 Å². The van der Waals surface area contributed by atoms with Crippen molar-refractivity contribution < 1.29 is 183 Å². The van der Waals surface area contributed by atoms with E-state index in [1.54, 1.807) is 0 Å². The van der Waals surface area contributed by atoms with Gasteiger partial charge in [0.25, 0.3) is 0 Å². The maximum absolute atomic E-state index is 11.5. The lowest BCUT2D eigenvalue weighted by Crippen LogP contribution is -2.66. The molecular formula is C45H74O37. The Kier molecular flexibility index (Phi) is 22.1. The molecule has 82 heavy (non-hydrogen) atoms. The Morgan fingerprint density at radius 1 is 0.244 bits per heavy atom. The van der Waals surface area contributed by atoms with Crippen molar-refractivity contribution in [3.8, 4) is 0 Å². The minimum absolute atomic E-state index is 0.494. The summed E-state index contributed by atoms with van der Waals surface area (Å²) in [6, 6.07) is 0. The second-order valence-electron chi connectivity index (χ2n) is 21.0. The smallest absolute Gasteiger partial charge is 0.187 e. The van der Waals surface area contributed by atoms with Crippen LogP contribution in [0.4, 0.5) is 0 Å². The third-order valence-corrected chi connectivity index (χ3v) is 15.5. The van der Waals surface area contributed by atoms with Crippen LogP contribution in [0.2, 0.25) is 0 Å². The first-order valence-corrected chi connectivity index (χ1v) is 26.3. The van der Waals surface area contributed by atoms with Crippen LogP contribution in [0.15, 0.2) is 0 Å². The largest absolute Gasteiger partial charge is 0.394 e. The number of rotatable bonds is 20. The molecule has 0 radical (unpaired) electrons. The molecule has 1 unspecified atom stereocenters. The van der Waals surface area contributed by atoms with Crippen LogP contribution in [-0.4, -0.2) is 383 Å². The summed E-state index contributed by atoms with van der Waals surface area (Å²) in [7, 11) is 0. The molecule has 36 atom stereocenters. The minimum atomic E-state index is -2.02. The van der Waals surface area contributed by atoms with E-state index in [1.807, 2.05) is 0 Å². The predicted octanol–water partition coefficient (Wildman–Crippen LogP) is -14.9. The molecule has 9 aliphatic rings. The van der Waals surface area contributed by atoms with Crippen molar-refractivity contribution in [2.75, 3.05) is 59.5 Å². The van der Waals surface area contributed by atoms with Gasteiger partial charge >= 0.3 is 0 Å². The highest BCUT2D eigenvalue weighted by molar-refractivity contribution is 4.99. The Bertz CT molecular complexity index is 1980. The van der Waals surface area contributed by atoms with Gasteiger partial charge in [-0.3, -0.25) is 0 Å². The van der Waals surface area contributed by atoms with E-state index in [-0.39, 0.29) is 0 Å². The average Bonchev–Trinajstić information content (AvgIpc) is 3.94. The van der Waals surface area contributed by atoms with Crippen molar-refractivity contribution in [1.82, 2.24) is 0 Å². The van der Waals surface area contributed by atoms with Gasteiger partial charge in [-0.05, 0) is 0 Å². The van der Waals surface area contributed by atoms with E-state index in [1.165, 1.54) is 0 Å². The van der Waals surface area contributed by atoms with E-state index < -0.39 is 281 Å². The molecular weight excluding hydrogens is 1130 g/mol. The molecule has 0 aromatic heterocycles. The fourth-order valence-electron chi connectivity index (χ4n) is 10.6. The van der Waals surface area contributed by atoms with Crippen molar-refractivity contribution in [2.24, 2.45) is 0 Å². The molecule has 0 aromatic carbocycles. The van der Waals surface area contributed by atoms with Crippen LogP contribution in [-0.2, 0) is 80.5 Å². The monoisotopic (exact) mass is 1210 g/mol. The Labute approximate surface area is 463 Å². The second-order valence-corrected chi connectivity index (χ2v) is 21.0. The Morgan fingerprint density at radius 3 is 0.915 bits per heavy atom. The molecule has 0 spiro atoms. The Hall–Kier alpha value is -1.48. The van der Waals surface area contributed by atoms with Crippen LogP contribution in [0.3, 0.4) is 0 Å². The number of hydrogen-bond donors (Lipinski definition) is 20. The van der Waals surface area contributed by atoms with Crippen molar-refractivity contribution in [2.45, 2.75) is 221 Å². The molecule has 0 saturated carbocycles. The van der Waals surface area contributed by atoms with Crippen molar-refractivity contribution >= 4 is 0 Å². The fourth-order valence-corrected chi connectivity index (χ4v) is 10.6. The lowest BCUT2D eigenvalue weighted by molar-refractivity contribution is -0.397. The van der Waals surface area contributed by atoms with Gasteiger partial charge in [0, 0.05) is 0 Å². The lowest BCUT2D eigenvalue weighted by Gasteiger charge is -2.49. The average molecular weight is 1210 g/mol. The zero-order valence-electron chi connectivity index (χ0n) is 43.0. The topological polar surface area (TPSA) is 562 Å². The normalized spacial score (nSPS) is 54.0. The van der Waals surface area contributed by atoms with Gasteiger partial charge in [-0.1, -0.05) is 0 Å². The fraction of sp³-hybridized carbons (Fsp3) is 1.00. The maximum Gasteiger partial charge on any atom is 0.187 e. The number of hydrogen-bond acceptors (Lipinski definition) is 37. The molecule has 9 saturated heterocycles. The summed E-state index contributed by atoms with van der Waals surface area (Å²) in [5, 5.41) is 213. The van der Waals surface area contributed by atoms with E-state index in [0.29, 0.717) is 0 Å². The predicted molar refractivity (Wildman–Crippen MR) is 243 cm³/mol. The first kappa shape index (κ1) is 65.0. The molecule has 9 heterocycles. The molecule has 476 valence electrons. The van der Waals surface area contributed by atoms with Crippen LogP contribution in [0, 0.1) is 0 Å². The molecule has 20 N–H and O–H groups in total. The molecule has 0 bridgehead atoms. The minimum Gasteiger partial charge on any atom is -0.394 e. The molecule has 0 aromatic rings.